The molecule has 0 fully saturated rings. The fraction of sp³-hybridized carbons (Fsp3) is 0.120. The molecule has 0 saturated carbocycles. The molecule has 3 aromatic carbocycles. The zero-order valence-corrected chi connectivity index (χ0v) is 16.0. The normalized spacial score (nSPS) is 14.0. The van der Waals surface area contributed by atoms with Crippen molar-refractivity contribution < 1.29 is 14.3 Å². The van der Waals surface area contributed by atoms with E-state index in [9.17, 15) is 9.59 Å². The van der Waals surface area contributed by atoms with Crippen molar-refractivity contribution in [2.24, 2.45) is 0 Å². The van der Waals surface area contributed by atoms with Crippen molar-refractivity contribution in [1.82, 2.24) is 4.90 Å². The first-order valence-electron chi connectivity index (χ1n) is 9.58. The fourth-order valence-electron chi connectivity index (χ4n) is 3.44. The van der Waals surface area contributed by atoms with E-state index >= 15 is 0 Å². The number of carbonyl (C=O) groups excluding carboxylic acids is 2. The highest BCUT2D eigenvalue weighted by Gasteiger charge is 2.39. The molecule has 1 aliphatic heterocycles. The number of imide groups is 1. The van der Waals surface area contributed by atoms with Crippen molar-refractivity contribution in [1.29, 1.82) is 0 Å². The second-order valence-electron chi connectivity index (χ2n) is 6.78. The Morgan fingerprint density at radius 3 is 1.55 bits per heavy atom. The van der Waals surface area contributed by atoms with E-state index in [1.807, 2.05) is 91.0 Å². The molecule has 2 amide bonds. The Morgan fingerprint density at radius 2 is 1.07 bits per heavy atom. The number of amides is 2. The standard InChI is InChI=1S/C25H21NO3/c27-24-22(20-12-6-2-7-13-20)23(21-14-8-3-9-15-21)25(28)26(24)16-17-29-18-19-10-4-1-5-11-19/h1-15H,16-18H2. The van der Waals surface area contributed by atoms with Gasteiger partial charge in [-0.15, -0.1) is 0 Å². The number of rotatable bonds is 7. The molecule has 4 nitrogen and oxygen atoms in total. The Labute approximate surface area is 170 Å². The van der Waals surface area contributed by atoms with Crippen LogP contribution in [-0.4, -0.2) is 29.9 Å². The quantitative estimate of drug-likeness (QED) is 0.454. The maximum atomic E-state index is 13.2. The van der Waals surface area contributed by atoms with Gasteiger partial charge >= 0.3 is 0 Å². The van der Waals surface area contributed by atoms with Gasteiger partial charge in [0.2, 0.25) is 0 Å². The van der Waals surface area contributed by atoms with E-state index in [1.165, 1.54) is 4.90 Å². The van der Waals surface area contributed by atoms with Crippen LogP contribution in [0.2, 0.25) is 0 Å². The lowest BCUT2D eigenvalue weighted by Crippen LogP contribution is -2.34. The van der Waals surface area contributed by atoms with Gasteiger partial charge in [-0.2, -0.15) is 0 Å². The molecule has 0 atom stereocenters. The minimum absolute atomic E-state index is 0.219. The minimum atomic E-state index is -0.275. The zero-order valence-electron chi connectivity index (χ0n) is 16.0. The summed E-state index contributed by atoms with van der Waals surface area (Å²) < 4.78 is 5.70. The Bertz CT molecular complexity index is 966. The molecule has 0 aromatic heterocycles. The maximum Gasteiger partial charge on any atom is 0.262 e. The number of benzene rings is 3. The lowest BCUT2D eigenvalue weighted by atomic mass is 9.96. The highest BCUT2D eigenvalue weighted by molar-refractivity contribution is 6.48. The first kappa shape index (κ1) is 18.8. The second kappa shape index (κ2) is 8.67. The highest BCUT2D eigenvalue weighted by atomic mass is 16.5. The molecule has 0 spiro atoms. The van der Waals surface area contributed by atoms with Gasteiger partial charge in [0.1, 0.15) is 0 Å². The van der Waals surface area contributed by atoms with Crippen molar-refractivity contribution in [3.05, 3.63) is 108 Å². The highest BCUT2D eigenvalue weighted by Crippen LogP contribution is 2.35. The third-order valence-corrected chi connectivity index (χ3v) is 4.86. The van der Waals surface area contributed by atoms with Gasteiger partial charge in [-0.1, -0.05) is 91.0 Å². The van der Waals surface area contributed by atoms with Crippen molar-refractivity contribution in [3.63, 3.8) is 0 Å². The molecule has 0 N–H and O–H groups in total. The Morgan fingerprint density at radius 1 is 0.621 bits per heavy atom. The molecule has 0 saturated heterocycles. The maximum absolute atomic E-state index is 13.2. The average molecular weight is 383 g/mol. The van der Waals surface area contributed by atoms with Gasteiger partial charge in [0.25, 0.3) is 11.8 Å². The topological polar surface area (TPSA) is 46.6 Å². The van der Waals surface area contributed by atoms with E-state index in [4.69, 9.17) is 4.74 Å². The largest absolute Gasteiger partial charge is 0.375 e. The van der Waals surface area contributed by atoms with Gasteiger partial charge < -0.3 is 4.74 Å². The lowest BCUT2D eigenvalue weighted by Gasteiger charge is -2.15. The first-order valence-corrected chi connectivity index (χ1v) is 9.58. The van der Waals surface area contributed by atoms with E-state index in [0.29, 0.717) is 17.8 Å². The molecule has 0 radical (unpaired) electrons. The number of carbonyl (C=O) groups is 2. The van der Waals surface area contributed by atoms with Crippen LogP contribution in [-0.2, 0) is 20.9 Å². The van der Waals surface area contributed by atoms with Crippen molar-refractivity contribution in [2.75, 3.05) is 13.2 Å². The number of hydrogen-bond acceptors (Lipinski definition) is 3. The van der Waals surface area contributed by atoms with Crippen LogP contribution < -0.4 is 0 Å². The molecule has 144 valence electrons. The second-order valence-corrected chi connectivity index (χ2v) is 6.78. The monoisotopic (exact) mass is 383 g/mol. The van der Waals surface area contributed by atoms with Crippen molar-refractivity contribution in [3.8, 4) is 0 Å². The molecular formula is C25H21NO3. The molecule has 3 aromatic rings. The number of ether oxygens (including phenoxy) is 1. The third kappa shape index (κ3) is 4.03. The van der Waals surface area contributed by atoms with Gasteiger partial charge in [0.15, 0.2) is 0 Å². The van der Waals surface area contributed by atoms with Crippen LogP contribution in [0.1, 0.15) is 16.7 Å². The van der Waals surface area contributed by atoms with Crippen molar-refractivity contribution in [2.45, 2.75) is 6.61 Å². The smallest absolute Gasteiger partial charge is 0.262 e. The number of hydrogen-bond donors (Lipinski definition) is 0. The molecule has 4 rings (SSSR count). The van der Waals surface area contributed by atoms with Gasteiger partial charge in [0.05, 0.1) is 30.9 Å². The van der Waals surface area contributed by atoms with Crippen LogP contribution in [0.15, 0.2) is 91.0 Å². The van der Waals surface area contributed by atoms with Crippen LogP contribution in [0, 0.1) is 0 Å². The molecular weight excluding hydrogens is 362 g/mol. The summed E-state index contributed by atoms with van der Waals surface area (Å²) in [6.45, 7) is 0.954. The summed E-state index contributed by atoms with van der Waals surface area (Å²) in [5.41, 5.74) is 3.45. The van der Waals surface area contributed by atoms with Gasteiger partial charge in [-0.05, 0) is 16.7 Å². The first-order chi connectivity index (χ1) is 14.3. The predicted molar refractivity (Wildman–Crippen MR) is 113 cm³/mol. The van der Waals surface area contributed by atoms with E-state index in [-0.39, 0.29) is 25.0 Å². The van der Waals surface area contributed by atoms with Crippen LogP contribution >= 0.6 is 0 Å². The molecule has 29 heavy (non-hydrogen) atoms. The van der Waals surface area contributed by atoms with Crippen LogP contribution in [0.3, 0.4) is 0 Å². The van der Waals surface area contributed by atoms with Crippen LogP contribution in [0.4, 0.5) is 0 Å². The summed E-state index contributed by atoms with van der Waals surface area (Å²) >= 11 is 0. The third-order valence-electron chi connectivity index (χ3n) is 4.86. The molecule has 0 unspecified atom stereocenters. The van der Waals surface area contributed by atoms with Crippen molar-refractivity contribution >= 4 is 23.0 Å². The zero-order chi connectivity index (χ0) is 20.1. The summed E-state index contributed by atoms with van der Waals surface area (Å²) in [6, 6.07) is 28.5. The number of nitrogens with zero attached hydrogens (tertiary/aromatic N) is 1. The van der Waals surface area contributed by atoms with E-state index in [2.05, 4.69) is 0 Å². The fourth-order valence-corrected chi connectivity index (χ4v) is 3.44. The predicted octanol–water partition coefficient (Wildman–Crippen LogP) is 4.18. The Kier molecular flexibility index (Phi) is 5.63. The molecule has 1 aliphatic rings. The summed E-state index contributed by atoms with van der Waals surface area (Å²) in [7, 11) is 0. The van der Waals surface area contributed by atoms with Gasteiger partial charge in [0, 0.05) is 0 Å². The molecule has 4 heteroatoms. The van der Waals surface area contributed by atoms with E-state index < -0.39 is 0 Å². The SMILES string of the molecule is O=C1C(c2ccccc2)=C(c2ccccc2)C(=O)N1CCOCc1ccccc1. The summed E-state index contributed by atoms with van der Waals surface area (Å²) in [6.07, 6.45) is 0. The Hall–Kier alpha value is -3.50. The van der Waals surface area contributed by atoms with Crippen LogP contribution in [0.5, 0.6) is 0 Å². The average Bonchev–Trinajstić information content (AvgIpc) is 3.03. The molecule has 0 aliphatic carbocycles. The molecule has 0 bridgehead atoms. The summed E-state index contributed by atoms with van der Waals surface area (Å²) in [5.74, 6) is -0.549. The van der Waals surface area contributed by atoms with Gasteiger partial charge in [-0.25, -0.2) is 0 Å². The summed E-state index contributed by atoms with van der Waals surface area (Å²) in [5, 5.41) is 0. The van der Waals surface area contributed by atoms with Gasteiger partial charge in [-0.3, -0.25) is 14.5 Å². The summed E-state index contributed by atoms with van der Waals surface area (Å²) in [4.78, 5) is 27.6. The van der Waals surface area contributed by atoms with E-state index in [0.717, 1.165) is 16.7 Å². The minimum Gasteiger partial charge on any atom is -0.375 e. The van der Waals surface area contributed by atoms with E-state index in [1.54, 1.807) is 0 Å². The molecule has 1 heterocycles. The Balaban J connectivity index is 1.54. The van der Waals surface area contributed by atoms with Crippen LogP contribution in [0.25, 0.3) is 11.1 Å². The lowest BCUT2D eigenvalue weighted by molar-refractivity contribution is -0.136.